The molecule has 0 amide bonds. The van der Waals surface area contributed by atoms with Gasteiger partial charge in [0.2, 0.25) is 0 Å². The molecule has 2 aromatic carbocycles. The fraction of sp³-hybridized carbons (Fsp3) is 0.0714. The topological polar surface area (TPSA) is 26.3 Å². The van der Waals surface area contributed by atoms with Crippen molar-refractivity contribution in [2.45, 2.75) is 0 Å². The predicted molar refractivity (Wildman–Crippen MR) is 71.4 cm³/mol. The van der Waals surface area contributed by atoms with Gasteiger partial charge in [-0.25, -0.2) is 13.2 Å². The van der Waals surface area contributed by atoms with Gasteiger partial charge < -0.3 is 4.74 Å². The Bertz CT molecular complexity index is 687. The maximum absolute atomic E-state index is 14.4. The predicted octanol–water partition coefficient (Wildman–Crippen LogP) is 4.35. The quantitative estimate of drug-likeness (QED) is 0.773. The number of carbonyl (C=O) groups is 1. The lowest BCUT2D eigenvalue weighted by atomic mass is 10.0. The van der Waals surface area contributed by atoms with Crippen LogP contribution in [-0.4, -0.2) is 13.4 Å². The van der Waals surface area contributed by atoms with Crippen LogP contribution in [-0.2, 0) is 0 Å². The first-order chi connectivity index (χ1) is 9.49. The Hall–Kier alpha value is -1.82. The number of benzene rings is 2. The van der Waals surface area contributed by atoms with E-state index >= 15 is 0 Å². The van der Waals surface area contributed by atoms with Crippen molar-refractivity contribution in [1.29, 1.82) is 0 Å². The Morgan fingerprint density at radius 3 is 2.45 bits per heavy atom. The largest absolute Gasteiger partial charge is 0.493 e. The van der Waals surface area contributed by atoms with Gasteiger partial charge in [0.1, 0.15) is 11.6 Å². The third-order valence-electron chi connectivity index (χ3n) is 2.73. The SMILES string of the molecule is COc1c(C=O)cc(Br)c(-c2ccc(F)cc2F)c1F. The fourth-order valence-electron chi connectivity index (χ4n) is 1.85. The van der Waals surface area contributed by atoms with Gasteiger partial charge in [0.15, 0.2) is 17.9 Å². The smallest absolute Gasteiger partial charge is 0.174 e. The van der Waals surface area contributed by atoms with Crippen LogP contribution in [0.5, 0.6) is 5.75 Å². The summed E-state index contributed by atoms with van der Waals surface area (Å²) in [6, 6.07) is 4.10. The Kier molecular flexibility index (Phi) is 4.13. The Labute approximate surface area is 121 Å². The average molecular weight is 345 g/mol. The molecule has 2 nitrogen and oxygen atoms in total. The van der Waals surface area contributed by atoms with Gasteiger partial charge in [-0.2, -0.15) is 0 Å². The molecule has 2 rings (SSSR count). The zero-order chi connectivity index (χ0) is 14.9. The molecule has 6 heteroatoms. The van der Waals surface area contributed by atoms with Crippen LogP contribution >= 0.6 is 15.9 Å². The summed E-state index contributed by atoms with van der Waals surface area (Å²) in [6.07, 6.45) is 0.428. The van der Waals surface area contributed by atoms with Crippen molar-refractivity contribution < 1.29 is 22.7 Å². The molecule has 0 spiro atoms. The van der Waals surface area contributed by atoms with Gasteiger partial charge in [0, 0.05) is 21.7 Å². The number of halogens is 4. The second kappa shape index (κ2) is 5.66. The number of hydrogen-bond acceptors (Lipinski definition) is 2. The summed E-state index contributed by atoms with van der Waals surface area (Å²) in [5.41, 5.74) is -0.278. The van der Waals surface area contributed by atoms with Crippen molar-refractivity contribution in [2.24, 2.45) is 0 Å². The molecule has 0 aromatic heterocycles. The van der Waals surface area contributed by atoms with Gasteiger partial charge in [-0.05, 0) is 18.2 Å². The van der Waals surface area contributed by atoms with E-state index in [2.05, 4.69) is 15.9 Å². The zero-order valence-electron chi connectivity index (χ0n) is 10.2. The van der Waals surface area contributed by atoms with E-state index in [4.69, 9.17) is 4.74 Å². The molecule has 0 unspecified atom stereocenters. The van der Waals surface area contributed by atoms with Crippen LogP contribution in [0.4, 0.5) is 13.2 Å². The number of ether oxygens (including phenoxy) is 1. The molecular weight excluding hydrogens is 337 g/mol. The van der Waals surface area contributed by atoms with Crippen LogP contribution in [0, 0.1) is 17.5 Å². The highest BCUT2D eigenvalue weighted by Crippen LogP contribution is 2.38. The summed E-state index contributed by atoms with van der Waals surface area (Å²) >= 11 is 3.08. The van der Waals surface area contributed by atoms with Crippen LogP contribution in [0.15, 0.2) is 28.7 Å². The molecule has 20 heavy (non-hydrogen) atoms. The fourth-order valence-corrected chi connectivity index (χ4v) is 2.49. The number of carbonyl (C=O) groups excluding carboxylic acids is 1. The Balaban J connectivity index is 2.77. The van der Waals surface area contributed by atoms with Crippen molar-refractivity contribution >= 4 is 22.2 Å². The second-order valence-corrected chi connectivity index (χ2v) is 4.77. The van der Waals surface area contributed by atoms with Crippen LogP contribution < -0.4 is 4.74 Å². The summed E-state index contributed by atoms with van der Waals surface area (Å²) in [7, 11) is 1.20. The van der Waals surface area contributed by atoms with Gasteiger partial charge in [-0.3, -0.25) is 4.79 Å². The highest BCUT2D eigenvalue weighted by molar-refractivity contribution is 9.10. The third kappa shape index (κ3) is 2.43. The van der Waals surface area contributed by atoms with E-state index in [1.807, 2.05) is 0 Å². The zero-order valence-corrected chi connectivity index (χ0v) is 11.8. The minimum Gasteiger partial charge on any atom is -0.493 e. The highest BCUT2D eigenvalue weighted by atomic mass is 79.9. The van der Waals surface area contributed by atoms with Crippen LogP contribution in [0.3, 0.4) is 0 Å². The van der Waals surface area contributed by atoms with Crippen molar-refractivity contribution in [3.8, 4) is 16.9 Å². The lowest BCUT2D eigenvalue weighted by Crippen LogP contribution is -1.99. The van der Waals surface area contributed by atoms with Crippen molar-refractivity contribution in [3.63, 3.8) is 0 Å². The standard InChI is InChI=1S/C14H8BrF3O2/c1-20-14-7(6-19)4-10(15)12(13(14)18)9-3-2-8(16)5-11(9)17/h2-6H,1H3. The Morgan fingerprint density at radius 2 is 1.90 bits per heavy atom. The highest BCUT2D eigenvalue weighted by Gasteiger charge is 2.21. The molecule has 0 saturated carbocycles. The molecule has 104 valence electrons. The minimum absolute atomic E-state index is 0.0110. The van der Waals surface area contributed by atoms with E-state index < -0.39 is 17.5 Å². The molecular formula is C14H8BrF3O2. The van der Waals surface area contributed by atoms with E-state index in [1.54, 1.807) is 0 Å². The van der Waals surface area contributed by atoms with Crippen molar-refractivity contribution in [1.82, 2.24) is 0 Å². The number of methoxy groups -OCH3 is 1. The number of hydrogen-bond donors (Lipinski definition) is 0. The molecule has 0 aliphatic rings. The van der Waals surface area contributed by atoms with Crippen molar-refractivity contribution in [2.75, 3.05) is 7.11 Å². The number of aldehydes is 1. The first-order valence-electron chi connectivity index (χ1n) is 5.46. The normalized spacial score (nSPS) is 10.4. The van der Waals surface area contributed by atoms with E-state index in [-0.39, 0.29) is 26.9 Å². The van der Waals surface area contributed by atoms with Crippen LogP contribution in [0.1, 0.15) is 10.4 Å². The maximum Gasteiger partial charge on any atom is 0.174 e. The van der Waals surface area contributed by atoms with E-state index in [1.165, 1.54) is 13.2 Å². The van der Waals surface area contributed by atoms with Crippen molar-refractivity contribution in [3.05, 3.63) is 51.8 Å². The summed E-state index contributed by atoms with van der Waals surface area (Å²) < 4.78 is 46.1. The molecule has 2 aromatic rings. The second-order valence-electron chi connectivity index (χ2n) is 3.91. The summed E-state index contributed by atoms with van der Waals surface area (Å²) in [5.74, 6) is -2.86. The molecule has 0 N–H and O–H groups in total. The average Bonchev–Trinajstić information content (AvgIpc) is 2.40. The van der Waals surface area contributed by atoms with Gasteiger partial charge >= 0.3 is 0 Å². The molecule has 0 heterocycles. The molecule has 0 saturated heterocycles. The summed E-state index contributed by atoms with van der Waals surface area (Å²) in [5, 5.41) is 0. The van der Waals surface area contributed by atoms with Crippen LogP contribution in [0.2, 0.25) is 0 Å². The monoisotopic (exact) mass is 344 g/mol. The summed E-state index contributed by atoms with van der Waals surface area (Å²) in [6.45, 7) is 0. The van der Waals surface area contributed by atoms with E-state index in [0.717, 1.165) is 12.1 Å². The van der Waals surface area contributed by atoms with Crippen LogP contribution in [0.25, 0.3) is 11.1 Å². The first-order valence-corrected chi connectivity index (χ1v) is 6.25. The first kappa shape index (κ1) is 14.6. The van der Waals surface area contributed by atoms with Gasteiger partial charge in [0.25, 0.3) is 0 Å². The molecule has 0 radical (unpaired) electrons. The molecule has 0 aliphatic heterocycles. The Morgan fingerprint density at radius 1 is 1.20 bits per heavy atom. The van der Waals surface area contributed by atoms with Gasteiger partial charge in [-0.1, -0.05) is 15.9 Å². The molecule has 0 aliphatic carbocycles. The molecule has 0 bridgehead atoms. The lowest BCUT2D eigenvalue weighted by molar-refractivity contribution is 0.111. The van der Waals surface area contributed by atoms with Gasteiger partial charge in [-0.15, -0.1) is 0 Å². The van der Waals surface area contributed by atoms with Gasteiger partial charge in [0.05, 0.1) is 12.7 Å². The van der Waals surface area contributed by atoms with E-state index in [0.29, 0.717) is 12.4 Å². The maximum atomic E-state index is 14.4. The number of rotatable bonds is 3. The lowest BCUT2D eigenvalue weighted by Gasteiger charge is -2.13. The molecule has 0 atom stereocenters. The summed E-state index contributed by atoms with van der Waals surface area (Å²) in [4.78, 5) is 10.9. The minimum atomic E-state index is -0.912. The molecule has 0 fully saturated rings. The van der Waals surface area contributed by atoms with E-state index in [9.17, 15) is 18.0 Å². The third-order valence-corrected chi connectivity index (χ3v) is 3.36.